The highest BCUT2D eigenvalue weighted by Crippen LogP contribution is 2.46. The maximum atomic E-state index is 6.13. The summed E-state index contributed by atoms with van der Waals surface area (Å²) in [5.74, 6) is 2.29. The van der Waals surface area contributed by atoms with Gasteiger partial charge in [0.15, 0.2) is 0 Å². The SMILES string of the molecule is COc1ccc(C(Br)C(C)C2CC2)cc1Cl. The average Bonchev–Trinajstić information content (AvgIpc) is 3.11. The highest BCUT2D eigenvalue weighted by Gasteiger charge is 2.32. The van der Waals surface area contributed by atoms with E-state index in [0.717, 1.165) is 11.7 Å². The third kappa shape index (κ3) is 2.54. The number of benzene rings is 1. The van der Waals surface area contributed by atoms with E-state index >= 15 is 0 Å². The zero-order chi connectivity index (χ0) is 11.7. The summed E-state index contributed by atoms with van der Waals surface area (Å²) in [6.07, 6.45) is 2.74. The molecule has 88 valence electrons. The van der Waals surface area contributed by atoms with E-state index in [1.165, 1.54) is 18.4 Å². The van der Waals surface area contributed by atoms with E-state index < -0.39 is 0 Å². The van der Waals surface area contributed by atoms with Gasteiger partial charge in [0, 0.05) is 4.83 Å². The lowest BCUT2D eigenvalue weighted by Gasteiger charge is -2.18. The summed E-state index contributed by atoms with van der Waals surface area (Å²) >= 11 is 9.90. The number of methoxy groups -OCH3 is 1. The van der Waals surface area contributed by atoms with Crippen LogP contribution in [0.1, 0.15) is 30.2 Å². The molecule has 2 rings (SSSR count). The Bertz CT molecular complexity index is 376. The van der Waals surface area contributed by atoms with Crippen LogP contribution in [0.3, 0.4) is 0 Å². The largest absolute Gasteiger partial charge is 0.495 e. The van der Waals surface area contributed by atoms with Crippen LogP contribution in [-0.4, -0.2) is 7.11 Å². The third-order valence-corrected chi connectivity index (χ3v) is 4.98. The van der Waals surface area contributed by atoms with Gasteiger partial charge in [-0.2, -0.15) is 0 Å². The number of rotatable bonds is 4. The van der Waals surface area contributed by atoms with Gasteiger partial charge in [-0.25, -0.2) is 0 Å². The standard InChI is InChI=1S/C13H16BrClO/c1-8(9-3-4-9)13(14)10-5-6-12(16-2)11(15)7-10/h5-9,13H,3-4H2,1-2H3. The molecule has 1 nitrogen and oxygen atoms in total. The Morgan fingerprint density at radius 3 is 2.62 bits per heavy atom. The van der Waals surface area contributed by atoms with E-state index in [1.807, 2.05) is 12.1 Å². The highest BCUT2D eigenvalue weighted by molar-refractivity contribution is 9.09. The monoisotopic (exact) mass is 302 g/mol. The molecule has 1 aliphatic carbocycles. The highest BCUT2D eigenvalue weighted by atomic mass is 79.9. The number of hydrogen-bond acceptors (Lipinski definition) is 1. The molecule has 0 spiro atoms. The molecule has 0 radical (unpaired) electrons. The molecule has 0 saturated heterocycles. The van der Waals surface area contributed by atoms with E-state index in [4.69, 9.17) is 16.3 Å². The minimum Gasteiger partial charge on any atom is -0.495 e. The zero-order valence-electron chi connectivity index (χ0n) is 9.54. The first-order chi connectivity index (χ1) is 7.63. The van der Waals surface area contributed by atoms with Gasteiger partial charge in [-0.1, -0.05) is 40.5 Å². The summed E-state index contributed by atoms with van der Waals surface area (Å²) in [7, 11) is 1.64. The minimum absolute atomic E-state index is 0.392. The second kappa shape index (κ2) is 4.97. The molecule has 0 aromatic heterocycles. The van der Waals surface area contributed by atoms with Crippen LogP contribution in [0.2, 0.25) is 5.02 Å². The average molecular weight is 304 g/mol. The molecule has 0 N–H and O–H groups in total. The molecule has 0 amide bonds. The van der Waals surface area contributed by atoms with E-state index in [0.29, 0.717) is 15.8 Å². The first-order valence-corrected chi connectivity index (χ1v) is 6.90. The van der Waals surface area contributed by atoms with Gasteiger partial charge in [-0.15, -0.1) is 0 Å². The van der Waals surface area contributed by atoms with Crippen LogP contribution in [0.4, 0.5) is 0 Å². The first-order valence-electron chi connectivity index (χ1n) is 5.61. The van der Waals surface area contributed by atoms with Gasteiger partial charge in [-0.3, -0.25) is 0 Å². The van der Waals surface area contributed by atoms with Crippen LogP contribution in [0.15, 0.2) is 18.2 Å². The van der Waals surface area contributed by atoms with Crippen molar-refractivity contribution in [2.24, 2.45) is 11.8 Å². The van der Waals surface area contributed by atoms with Crippen LogP contribution >= 0.6 is 27.5 Å². The van der Waals surface area contributed by atoms with Crippen LogP contribution in [0, 0.1) is 11.8 Å². The summed E-state index contributed by atoms with van der Waals surface area (Å²) in [6, 6.07) is 6.02. The number of hydrogen-bond donors (Lipinski definition) is 0. The summed E-state index contributed by atoms with van der Waals surface area (Å²) in [5.41, 5.74) is 1.24. The Hall–Kier alpha value is -0.210. The maximum Gasteiger partial charge on any atom is 0.137 e. The van der Waals surface area contributed by atoms with E-state index in [9.17, 15) is 0 Å². The van der Waals surface area contributed by atoms with Gasteiger partial charge in [0.1, 0.15) is 5.75 Å². The molecule has 2 unspecified atom stereocenters. The predicted octanol–water partition coefficient (Wildman–Crippen LogP) is 4.83. The topological polar surface area (TPSA) is 9.23 Å². The van der Waals surface area contributed by atoms with Crippen molar-refractivity contribution in [1.82, 2.24) is 0 Å². The molecule has 0 heterocycles. The van der Waals surface area contributed by atoms with Crippen LogP contribution < -0.4 is 4.74 Å². The Balaban J connectivity index is 2.16. The van der Waals surface area contributed by atoms with Gasteiger partial charge < -0.3 is 4.74 Å². The van der Waals surface area contributed by atoms with Crippen molar-refractivity contribution in [3.8, 4) is 5.75 Å². The van der Waals surface area contributed by atoms with Crippen molar-refractivity contribution in [2.75, 3.05) is 7.11 Å². The van der Waals surface area contributed by atoms with Gasteiger partial charge in [-0.05, 0) is 42.4 Å². The molecule has 16 heavy (non-hydrogen) atoms. The lowest BCUT2D eigenvalue weighted by atomic mass is 9.96. The second-order valence-corrected chi connectivity index (χ2v) is 5.89. The molecule has 1 fully saturated rings. The first kappa shape index (κ1) is 12.3. The molecular weight excluding hydrogens is 287 g/mol. The molecule has 0 aliphatic heterocycles. The number of ether oxygens (including phenoxy) is 1. The molecule has 0 bridgehead atoms. The van der Waals surface area contributed by atoms with Crippen molar-refractivity contribution in [2.45, 2.75) is 24.6 Å². The van der Waals surface area contributed by atoms with E-state index in [2.05, 4.69) is 28.9 Å². The van der Waals surface area contributed by atoms with Crippen LogP contribution in [0.25, 0.3) is 0 Å². The Morgan fingerprint density at radius 1 is 1.44 bits per heavy atom. The van der Waals surface area contributed by atoms with Crippen LogP contribution in [-0.2, 0) is 0 Å². The van der Waals surface area contributed by atoms with E-state index in [1.54, 1.807) is 7.11 Å². The maximum absolute atomic E-state index is 6.13. The molecule has 1 aromatic carbocycles. The van der Waals surface area contributed by atoms with Gasteiger partial charge >= 0.3 is 0 Å². The molecule has 3 heteroatoms. The predicted molar refractivity (Wildman–Crippen MR) is 71.6 cm³/mol. The van der Waals surface area contributed by atoms with Crippen molar-refractivity contribution in [3.63, 3.8) is 0 Å². The number of halogens is 2. The lowest BCUT2D eigenvalue weighted by Crippen LogP contribution is -2.05. The Labute approximate surface area is 110 Å². The fourth-order valence-corrected chi connectivity index (χ4v) is 3.00. The smallest absolute Gasteiger partial charge is 0.137 e. The molecule has 1 saturated carbocycles. The second-order valence-electron chi connectivity index (χ2n) is 4.49. The third-order valence-electron chi connectivity index (χ3n) is 3.32. The molecule has 1 aromatic rings. The van der Waals surface area contributed by atoms with Crippen LogP contribution in [0.5, 0.6) is 5.75 Å². The van der Waals surface area contributed by atoms with E-state index in [-0.39, 0.29) is 0 Å². The molecule has 1 aliphatic rings. The van der Waals surface area contributed by atoms with Crippen molar-refractivity contribution in [1.29, 1.82) is 0 Å². The summed E-state index contributed by atoms with van der Waals surface area (Å²) in [6.45, 7) is 2.30. The Kier molecular flexibility index (Phi) is 3.81. The quantitative estimate of drug-likeness (QED) is 0.724. The summed E-state index contributed by atoms with van der Waals surface area (Å²) in [5, 5.41) is 0.687. The summed E-state index contributed by atoms with van der Waals surface area (Å²) in [4.78, 5) is 0.392. The Morgan fingerprint density at radius 2 is 2.12 bits per heavy atom. The lowest BCUT2D eigenvalue weighted by molar-refractivity contribution is 0.414. The van der Waals surface area contributed by atoms with Gasteiger partial charge in [0.2, 0.25) is 0 Å². The molecular formula is C13H16BrClO. The number of alkyl halides is 1. The van der Waals surface area contributed by atoms with Gasteiger partial charge in [0.05, 0.1) is 12.1 Å². The fourth-order valence-electron chi connectivity index (χ4n) is 2.02. The molecule has 2 atom stereocenters. The normalized spacial score (nSPS) is 19.2. The van der Waals surface area contributed by atoms with Crippen molar-refractivity contribution < 1.29 is 4.74 Å². The van der Waals surface area contributed by atoms with Gasteiger partial charge in [0.25, 0.3) is 0 Å². The van der Waals surface area contributed by atoms with Crippen molar-refractivity contribution >= 4 is 27.5 Å². The summed E-state index contributed by atoms with van der Waals surface area (Å²) < 4.78 is 5.15. The van der Waals surface area contributed by atoms with Crippen molar-refractivity contribution in [3.05, 3.63) is 28.8 Å². The minimum atomic E-state index is 0.392. The zero-order valence-corrected chi connectivity index (χ0v) is 11.9. The fraction of sp³-hybridized carbons (Fsp3) is 0.538.